The van der Waals surface area contributed by atoms with E-state index in [4.69, 9.17) is 5.73 Å². The molecule has 1 saturated carbocycles. The van der Waals surface area contributed by atoms with Crippen LogP contribution in [0.25, 0.3) is 0 Å². The first kappa shape index (κ1) is 13.1. The predicted molar refractivity (Wildman–Crippen MR) is 80.9 cm³/mol. The Kier molecular flexibility index (Phi) is 3.22. The smallest absolute Gasteiger partial charge is 0.255 e. The van der Waals surface area contributed by atoms with Crippen LogP contribution < -0.4 is 11.3 Å². The van der Waals surface area contributed by atoms with E-state index in [1.807, 2.05) is 42.0 Å². The Bertz CT molecular complexity index is 698. The number of aromatic nitrogens is 1. The van der Waals surface area contributed by atoms with Crippen LogP contribution in [0.4, 0.5) is 0 Å². The van der Waals surface area contributed by atoms with Gasteiger partial charge in [0.15, 0.2) is 0 Å². The molecule has 20 heavy (non-hydrogen) atoms. The zero-order valence-corrected chi connectivity index (χ0v) is 12.0. The van der Waals surface area contributed by atoms with Crippen LogP contribution in [0.1, 0.15) is 47.2 Å². The number of nitrogens with two attached hydrogens (primary N) is 1. The van der Waals surface area contributed by atoms with Crippen molar-refractivity contribution in [2.45, 2.75) is 38.8 Å². The van der Waals surface area contributed by atoms with Gasteiger partial charge in [-0.1, -0.05) is 29.8 Å². The number of pyridine rings is 1. The topological polar surface area (TPSA) is 48.0 Å². The highest BCUT2D eigenvalue weighted by Crippen LogP contribution is 2.33. The second kappa shape index (κ2) is 4.91. The predicted octanol–water partition coefficient (Wildman–Crippen LogP) is 2.85. The Balaban J connectivity index is 2.04. The average Bonchev–Trinajstić information content (AvgIpc) is 3.22. The molecule has 2 N–H and O–H groups in total. The second-order valence-corrected chi connectivity index (χ2v) is 5.74. The minimum absolute atomic E-state index is 0.0578. The molecule has 104 valence electrons. The molecule has 1 heterocycles. The van der Waals surface area contributed by atoms with Crippen LogP contribution in [0, 0.1) is 13.8 Å². The molecule has 1 unspecified atom stereocenters. The minimum Gasteiger partial charge on any atom is -0.320 e. The number of benzene rings is 1. The molecule has 1 aromatic heterocycles. The molecule has 0 saturated heterocycles. The molecule has 3 rings (SSSR count). The first-order valence-corrected chi connectivity index (χ1v) is 7.11. The van der Waals surface area contributed by atoms with Crippen molar-refractivity contribution in [3.05, 3.63) is 69.1 Å². The standard InChI is InChI=1S/C17H20N2O/c1-11-5-8-14(12(2)10-11)16(18)15-4-3-9-19(17(15)20)13-6-7-13/h3-5,8-10,13,16H,6-7,18H2,1-2H3. The lowest BCUT2D eigenvalue weighted by Crippen LogP contribution is -2.28. The van der Waals surface area contributed by atoms with Gasteiger partial charge >= 0.3 is 0 Å². The zero-order valence-electron chi connectivity index (χ0n) is 12.0. The Labute approximate surface area is 119 Å². The lowest BCUT2D eigenvalue weighted by Gasteiger charge is -2.16. The van der Waals surface area contributed by atoms with E-state index in [-0.39, 0.29) is 11.6 Å². The van der Waals surface area contributed by atoms with E-state index in [1.165, 1.54) is 5.56 Å². The van der Waals surface area contributed by atoms with Crippen molar-refractivity contribution in [3.63, 3.8) is 0 Å². The lowest BCUT2D eigenvalue weighted by molar-refractivity contribution is 0.684. The number of hydrogen-bond donors (Lipinski definition) is 1. The van der Waals surface area contributed by atoms with Crippen LogP contribution in [0.15, 0.2) is 41.3 Å². The van der Waals surface area contributed by atoms with E-state index in [2.05, 4.69) is 13.0 Å². The Morgan fingerprint density at radius 1 is 1.20 bits per heavy atom. The quantitative estimate of drug-likeness (QED) is 0.930. The third-order valence-corrected chi connectivity index (χ3v) is 4.04. The third-order valence-electron chi connectivity index (χ3n) is 4.04. The molecule has 0 amide bonds. The molecule has 2 aromatic rings. The summed E-state index contributed by atoms with van der Waals surface area (Å²) in [5.74, 6) is 0. The van der Waals surface area contributed by atoms with Crippen molar-refractivity contribution in [1.82, 2.24) is 4.57 Å². The van der Waals surface area contributed by atoms with Gasteiger partial charge in [0, 0.05) is 17.8 Å². The van der Waals surface area contributed by atoms with Crippen LogP contribution in [0.3, 0.4) is 0 Å². The van der Waals surface area contributed by atoms with Gasteiger partial charge in [-0.15, -0.1) is 0 Å². The van der Waals surface area contributed by atoms with E-state index in [1.54, 1.807) is 0 Å². The first-order chi connectivity index (χ1) is 9.58. The molecule has 0 spiro atoms. The van der Waals surface area contributed by atoms with Crippen LogP contribution in [0.5, 0.6) is 0 Å². The molecule has 0 bridgehead atoms. The van der Waals surface area contributed by atoms with Gasteiger partial charge in [0.05, 0.1) is 6.04 Å². The van der Waals surface area contributed by atoms with E-state index < -0.39 is 0 Å². The summed E-state index contributed by atoms with van der Waals surface area (Å²) in [7, 11) is 0. The van der Waals surface area contributed by atoms with Gasteiger partial charge in [0.25, 0.3) is 5.56 Å². The minimum atomic E-state index is -0.353. The SMILES string of the molecule is Cc1ccc(C(N)c2cccn(C3CC3)c2=O)c(C)c1. The average molecular weight is 268 g/mol. The molecule has 1 fully saturated rings. The van der Waals surface area contributed by atoms with Crippen LogP contribution in [-0.4, -0.2) is 4.57 Å². The van der Waals surface area contributed by atoms with Crippen molar-refractivity contribution in [3.8, 4) is 0 Å². The van der Waals surface area contributed by atoms with E-state index in [9.17, 15) is 4.79 Å². The van der Waals surface area contributed by atoms with Gasteiger partial charge in [-0.05, 0) is 43.9 Å². The Morgan fingerprint density at radius 3 is 2.60 bits per heavy atom. The van der Waals surface area contributed by atoms with E-state index >= 15 is 0 Å². The number of aryl methyl sites for hydroxylation is 2. The summed E-state index contributed by atoms with van der Waals surface area (Å²) < 4.78 is 1.83. The van der Waals surface area contributed by atoms with Crippen molar-refractivity contribution in [2.24, 2.45) is 5.73 Å². The summed E-state index contributed by atoms with van der Waals surface area (Å²) >= 11 is 0. The summed E-state index contributed by atoms with van der Waals surface area (Å²) in [5, 5.41) is 0. The maximum Gasteiger partial charge on any atom is 0.255 e. The fraction of sp³-hybridized carbons (Fsp3) is 0.353. The van der Waals surface area contributed by atoms with Gasteiger partial charge in [0.2, 0.25) is 0 Å². The number of nitrogens with zero attached hydrogens (tertiary/aromatic N) is 1. The third kappa shape index (κ3) is 2.29. The molecule has 0 radical (unpaired) electrons. The summed E-state index contributed by atoms with van der Waals surface area (Å²) in [6, 6.07) is 10.00. The fourth-order valence-electron chi connectivity index (χ4n) is 2.75. The summed E-state index contributed by atoms with van der Waals surface area (Å²) in [6.45, 7) is 4.11. The summed E-state index contributed by atoms with van der Waals surface area (Å²) in [4.78, 5) is 12.5. The van der Waals surface area contributed by atoms with Crippen molar-refractivity contribution in [2.75, 3.05) is 0 Å². The molecule has 1 aliphatic rings. The zero-order chi connectivity index (χ0) is 14.3. The summed E-state index contributed by atoms with van der Waals surface area (Å²) in [6.07, 6.45) is 4.07. The lowest BCUT2D eigenvalue weighted by atomic mass is 9.95. The highest BCUT2D eigenvalue weighted by Gasteiger charge is 2.26. The van der Waals surface area contributed by atoms with E-state index in [0.29, 0.717) is 11.6 Å². The van der Waals surface area contributed by atoms with Gasteiger partial charge in [0.1, 0.15) is 0 Å². The fourth-order valence-corrected chi connectivity index (χ4v) is 2.75. The number of rotatable bonds is 3. The maximum atomic E-state index is 12.5. The number of hydrogen-bond acceptors (Lipinski definition) is 2. The molecular formula is C17H20N2O. The van der Waals surface area contributed by atoms with Gasteiger partial charge in [-0.25, -0.2) is 0 Å². The maximum absolute atomic E-state index is 12.5. The molecule has 1 aromatic carbocycles. The molecule has 1 atom stereocenters. The van der Waals surface area contributed by atoms with Crippen LogP contribution in [0.2, 0.25) is 0 Å². The monoisotopic (exact) mass is 268 g/mol. The van der Waals surface area contributed by atoms with Crippen molar-refractivity contribution in [1.29, 1.82) is 0 Å². The highest BCUT2D eigenvalue weighted by molar-refractivity contribution is 5.37. The highest BCUT2D eigenvalue weighted by atomic mass is 16.1. The van der Waals surface area contributed by atoms with Crippen LogP contribution in [-0.2, 0) is 0 Å². The molecule has 1 aliphatic carbocycles. The molecule has 0 aliphatic heterocycles. The van der Waals surface area contributed by atoms with Crippen molar-refractivity contribution < 1.29 is 0 Å². The summed E-state index contributed by atoms with van der Waals surface area (Å²) in [5.41, 5.74) is 10.5. The Hall–Kier alpha value is -1.87. The van der Waals surface area contributed by atoms with Gasteiger partial charge in [-0.3, -0.25) is 4.79 Å². The molecular weight excluding hydrogens is 248 g/mol. The van der Waals surface area contributed by atoms with Gasteiger partial charge < -0.3 is 10.3 Å². The second-order valence-electron chi connectivity index (χ2n) is 5.74. The first-order valence-electron chi connectivity index (χ1n) is 7.11. The molecule has 3 heteroatoms. The molecule has 3 nitrogen and oxygen atoms in total. The Morgan fingerprint density at radius 2 is 1.95 bits per heavy atom. The van der Waals surface area contributed by atoms with Crippen molar-refractivity contribution >= 4 is 0 Å². The van der Waals surface area contributed by atoms with E-state index in [0.717, 1.165) is 24.0 Å². The largest absolute Gasteiger partial charge is 0.320 e. The van der Waals surface area contributed by atoms with Gasteiger partial charge in [-0.2, -0.15) is 0 Å². The normalized spacial score (nSPS) is 16.1. The van der Waals surface area contributed by atoms with Crippen LogP contribution >= 0.6 is 0 Å².